The SMILES string of the molecule is CCC[CH2][Sn]([CH2]CCC)([CH2]CCC)/[C](C)=C/C[C@H](O)[C@@H](C)O[Si](C)(C)C(C)(C)C. The first-order chi connectivity index (χ1) is 13.4. The summed E-state index contributed by atoms with van der Waals surface area (Å²) in [5.74, 6) is 0. The van der Waals surface area contributed by atoms with Crippen LogP contribution in [0.3, 0.4) is 0 Å². The summed E-state index contributed by atoms with van der Waals surface area (Å²) in [6.45, 7) is 22.8. The Hall–Kier alpha value is 0.676. The van der Waals surface area contributed by atoms with E-state index in [1.165, 1.54) is 51.8 Å². The maximum absolute atomic E-state index is 10.9. The molecular formula is C25H54O2SiSn. The molecule has 0 aliphatic heterocycles. The second-order valence-corrected chi connectivity index (χ2v) is 29.5. The van der Waals surface area contributed by atoms with Crippen LogP contribution in [-0.4, -0.2) is 44.0 Å². The maximum atomic E-state index is 10.9. The zero-order valence-corrected chi connectivity index (χ0v) is 25.5. The van der Waals surface area contributed by atoms with Crippen LogP contribution in [0.4, 0.5) is 0 Å². The van der Waals surface area contributed by atoms with E-state index in [1.54, 1.807) is 3.59 Å². The van der Waals surface area contributed by atoms with Gasteiger partial charge in [-0.2, -0.15) is 0 Å². The van der Waals surface area contributed by atoms with Gasteiger partial charge in [0.1, 0.15) is 0 Å². The predicted octanol–water partition coefficient (Wildman–Crippen LogP) is 8.48. The second kappa shape index (κ2) is 14.0. The van der Waals surface area contributed by atoms with Crippen LogP contribution in [-0.2, 0) is 4.43 Å². The van der Waals surface area contributed by atoms with E-state index in [0.717, 1.165) is 6.42 Å². The van der Waals surface area contributed by atoms with Crippen LogP contribution in [0.1, 0.15) is 100 Å². The van der Waals surface area contributed by atoms with Gasteiger partial charge >= 0.3 is 190 Å². The third-order valence-corrected chi connectivity index (χ3v) is 28.5. The van der Waals surface area contributed by atoms with E-state index in [9.17, 15) is 5.11 Å². The topological polar surface area (TPSA) is 29.5 Å². The molecule has 0 saturated heterocycles. The molecule has 0 saturated carbocycles. The molecule has 4 heteroatoms. The Kier molecular flexibility index (Phi) is 14.3. The normalized spacial score (nSPS) is 16.2. The van der Waals surface area contributed by atoms with Gasteiger partial charge < -0.3 is 0 Å². The molecule has 0 rings (SSSR count). The monoisotopic (exact) mass is 534 g/mol. The second-order valence-electron chi connectivity index (χ2n) is 10.9. The molecule has 0 aliphatic carbocycles. The summed E-state index contributed by atoms with van der Waals surface area (Å²) in [6, 6.07) is 0. The molecule has 174 valence electrons. The Morgan fingerprint density at radius 1 is 0.966 bits per heavy atom. The molecule has 0 aromatic heterocycles. The van der Waals surface area contributed by atoms with Gasteiger partial charge in [0.15, 0.2) is 0 Å². The molecule has 0 aromatic carbocycles. The van der Waals surface area contributed by atoms with Crippen molar-refractivity contribution in [3.63, 3.8) is 0 Å². The zero-order valence-electron chi connectivity index (χ0n) is 21.7. The summed E-state index contributed by atoms with van der Waals surface area (Å²) in [6.07, 6.45) is 10.8. The molecule has 1 N–H and O–H groups in total. The molecular weight excluding hydrogens is 479 g/mol. The van der Waals surface area contributed by atoms with Crippen molar-refractivity contribution in [1.29, 1.82) is 0 Å². The van der Waals surface area contributed by atoms with Gasteiger partial charge in [0.05, 0.1) is 0 Å². The Morgan fingerprint density at radius 3 is 1.72 bits per heavy atom. The molecule has 0 aromatic rings. The molecule has 0 heterocycles. The van der Waals surface area contributed by atoms with Gasteiger partial charge in [-0.3, -0.25) is 0 Å². The van der Waals surface area contributed by atoms with E-state index < -0.39 is 32.8 Å². The molecule has 29 heavy (non-hydrogen) atoms. The van der Waals surface area contributed by atoms with Gasteiger partial charge in [0.25, 0.3) is 0 Å². The Morgan fingerprint density at radius 2 is 1.38 bits per heavy atom. The molecule has 0 fully saturated rings. The summed E-state index contributed by atoms with van der Waals surface area (Å²) >= 11 is -2.32. The Bertz CT molecular complexity index is 446. The first-order valence-electron chi connectivity index (χ1n) is 12.4. The number of hydrogen-bond acceptors (Lipinski definition) is 2. The summed E-state index contributed by atoms with van der Waals surface area (Å²) in [5, 5.41) is 11.0. The van der Waals surface area contributed by atoms with Crippen LogP contribution < -0.4 is 0 Å². The van der Waals surface area contributed by atoms with Gasteiger partial charge in [-0.05, 0) is 0 Å². The average Bonchev–Trinajstić information content (AvgIpc) is 2.64. The van der Waals surface area contributed by atoms with E-state index in [0.29, 0.717) is 0 Å². The molecule has 0 amide bonds. The van der Waals surface area contributed by atoms with Crippen molar-refractivity contribution in [3.8, 4) is 0 Å². The van der Waals surface area contributed by atoms with Crippen molar-refractivity contribution in [2.24, 2.45) is 0 Å². The number of allylic oxidation sites excluding steroid dienone is 1. The van der Waals surface area contributed by atoms with Gasteiger partial charge in [0, 0.05) is 0 Å². The molecule has 2 atom stereocenters. The molecule has 0 unspecified atom stereocenters. The van der Waals surface area contributed by atoms with E-state index in [1.807, 2.05) is 0 Å². The number of aliphatic hydroxyl groups is 1. The zero-order chi connectivity index (χ0) is 22.7. The minimum atomic E-state index is -2.32. The van der Waals surface area contributed by atoms with Crippen molar-refractivity contribution >= 4 is 26.7 Å². The number of aliphatic hydroxyl groups excluding tert-OH is 1. The fourth-order valence-corrected chi connectivity index (χ4v) is 21.3. The standard InChI is InChI=1S/C13H27O2Si.3C4H9.Sn/c1-8-9-10-12(14)11(2)15-16(6,7)13(3,4)5;3*1-3-4-2;/h9,11-12,14H,10H2,1-7H3;3*1,3-4H2,2H3;/t11-,12+;;;;/m1..../s1. The van der Waals surface area contributed by atoms with Crippen LogP contribution in [0.15, 0.2) is 9.67 Å². The van der Waals surface area contributed by atoms with Crippen molar-refractivity contribution in [3.05, 3.63) is 9.67 Å². The van der Waals surface area contributed by atoms with Crippen LogP contribution in [0.5, 0.6) is 0 Å². The van der Waals surface area contributed by atoms with Crippen molar-refractivity contribution in [2.75, 3.05) is 0 Å². The number of unbranched alkanes of at least 4 members (excludes halogenated alkanes) is 3. The van der Waals surface area contributed by atoms with Gasteiger partial charge in [-0.1, -0.05) is 0 Å². The van der Waals surface area contributed by atoms with Crippen molar-refractivity contribution in [1.82, 2.24) is 0 Å². The van der Waals surface area contributed by atoms with Crippen molar-refractivity contribution in [2.45, 2.75) is 144 Å². The van der Waals surface area contributed by atoms with Crippen molar-refractivity contribution < 1.29 is 9.53 Å². The van der Waals surface area contributed by atoms with Crippen LogP contribution in [0.25, 0.3) is 0 Å². The molecule has 0 aliphatic rings. The summed E-state index contributed by atoms with van der Waals surface area (Å²) in [5.41, 5.74) is 0. The van der Waals surface area contributed by atoms with E-state index in [2.05, 4.69) is 74.6 Å². The predicted molar refractivity (Wildman–Crippen MR) is 137 cm³/mol. The first kappa shape index (κ1) is 29.7. The number of rotatable bonds is 15. The fourth-order valence-electron chi connectivity index (χ4n) is 3.94. The average molecular weight is 534 g/mol. The third kappa shape index (κ3) is 10.2. The van der Waals surface area contributed by atoms with E-state index >= 15 is 0 Å². The quantitative estimate of drug-likeness (QED) is 0.214. The molecule has 0 spiro atoms. The number of hydrogen-bond donors (Lipinski definition) is 1. The van der Waals surface area contributed by atoms with Gasteiger partial charge in [0.2, 0.25) is 0 Å². The molecule has 2 nitrogen and oxygen atoms in total. The molecule has 0 bridgehead atoms. The third-order valence-electron chi connectivity index (χ3n) is 7.36. The minimum absolute atomic E-state index is 0.0912. The van der Waals surface area contributed by atoms with E-state index in [4.69, 9.17) is 4.43 Å². The summed E-state index contributed by atoms with van der Waals surface area (Å²) < 4.78 is 12.7. The van der Waals surface area contributed by atoms with E-state index in [-0.39, 0.29) is 11.1 Å². The van der Waals surface area contributed by atoms with Crippen LogP contribution in [0, 0.1) is 0 Å². The first-order valence-corrected chi connectivity index (χ1v) is 22.8. The Balaban J connectivity index is 5.32. The molecule has 0 radical (unpaired) electrons. The fraction of sp³-hybridized carbons (Fsp3) is 0.920. The van der Waals surface area contributed by atoms with Gasteiger partial charge in [-0.15, -0.1) is 0 Å². The van der Waals surface area contributed by atoms with Crippen LogP contribution >= 0.6 is 0 Å². The summed E-state index contributed by atoms with van der Waals surface area (Å²) in [7, 11) is -1.84. The van der Waals surface area contributed by atoms with Crippen LogP contribution in [0.2, 0.25) is 31.4 Å². The summed E-state index contributed by atoms with van der Waals surface area (Å²) in [4.78, 5) is 0. The van der Waals surface area contributed by atoms with Gasteiger partial charge in [-0.25, -0.2) is 0 Å². The Labute approximate surface area is 189 Å².